The molecule has 0 radical (unpaired) electrons. The van der Waals surface area contributed by atoms with Gasteiger partial charge in [0.1, 0.15) is 5.82 Å². The van der Waals surface area contributed by atoms with Crippen LogP contribution in [0.5, 0.6) is 0 Å². The number of fused-ring (bicyclic) bond motifs is 1. The van der Waals surface area contributed by atoms with Crippen LogP contribution in [0.3, 0.4) is 0 Å². The van der Waals surface area contributed by atoms with E-state index < -0.39 is 0 Å². The molecule has 0 bridgehead atoms. The first-order valence-electron chi connectivity index (χ1n) is 7.44. The summed E-state index contributed by atoms with van der Waals surface area (Å²) in [4.78, 5) is 1.86. The Morgan fingerprint density at radius 1 is 1.14 bits per heavy atom. The molecule has 0 amide bonds. The predicted octanol–water partition coefficient (Wildman–Crippen LogP) is 4.75. The van der Waals surface area contributed by atoms with Gasteiger partial charge in [0.15, 0.2) is 0 Å². The van der Waals surface area contributed by atoms with Gasteiger partial charge in [-0.1, -0.05) is 30.0 Å². The first-order valence-corrected chi connectivity index (χ1v) is 8.26. The standard InChI is InChI=1S/C18H20FNS/c1-12(20-2)16-7-4-8-17(19)18(16)21-15-10-9-13-5-3-6-14(13)11-15/h4,7-12,20H,3,5-6H2,1-2H3. The van der Waals surface area contributed by atoms with Gasteiger partial charge in [0.25, 0.3) is 0 Å². The Morgan fingerprint density at radius 3 is 2.76 bits per heavy atom. The second-order valence-corrected chi connectivity index (χ2v) is 6.64. The van der Waals surface area contributed by atoms with Crippen LogP contribution in [0.25, 0.3) is 0 Å². The maximum Gasteiger partial charge on any atom is 0.137 e. The molecule has 1 aliphatic rings. The highest BCUT2D eigenvalue weighted by atomic mass is 32.2. The molecule has 1 aliphatic carbocycles. The maximum absolute atomic E-state index is 14.3. The van der Waals surface area contributed by atoms with Crippen LogP contribution in [0.4, 0.5) is 4.39 Å². The zero-order valence-electron chi connectivity index (χ0n) is 12.4. The van der Waals surface area contributed by atoms with Crippen molar-refractivity contribution in [3.8, 4) is 0 Å². The van der Waals surface area contributed by atoms with E-state index >= 15 is 0 Å². The summed E-state index contributed by atoms with van der Waals surface area (Å²) in [5.41, 5.74) is 3.90. The number of hydrogen-bond donors (Lipinski definition) is 1. The van der Waals surface area contributed by atoms with Crippen LogP contribution >= 0.6 is 11.8 Å². The van der Waals surface area contributed by atoms with E-state index in [1.54, 1.807) is 12.1 Å². The van der Waals surface area contributed by atoms with E-state index in [9.17, 15) is 4.39 Å². The van der Waals surface area contributed by atoms with Gasteiger partial charge in [-0.3, -0.25) is 0 Å². The molecule has 3 rings (SSSR count). The van der Waals surface area contributed by atoms with Gasteiger partial charge < -0.3 is 5.32 Å². The molecular formula is C18H20FNS. The molecule has 2 aromatic rings. The number of aryl methyl sites for hydroxylation is 2. The lowest BCUT2D eigenvalue weighted by atomic mass is 10.1. The number of rotatable bonds is 4. The van der Waals surface area contributed by atoms with Crippen molar-refractivity contribution in [2.45, 2.75) is 42.0 Å². The Labute approximate surface area is 130 Å². The molecule has 1 unspecified atom stereocenters. The highest BCUT2D eigenvalue weighted by molar-refractivity contribution is 7.99. The lowest BCUT2D eigenvalue weighted by molar-refractivity contribution is 0.576. The summed E-state index contributed by atoms with van der Waals surface area (Å²) in [6.07, 6.45) is 3.58. The third kappa shape index (κ3) is 2.99. The molecule has 21 heavy (non-hydrogen) atoms. The Bertz CT molecular complexity index is 654. The van der Waals surface area contributed by atoms with Gasteiger partial charge >= 0.3 is 0 Å². The summed E-state index contributed by atoms with van der Waals surface area (Å²) in [6.45, 7) is 2.06. The molecule has 0 aliphatic heterocycles. The lowest BCUT2D eigenvalue weighted by Gasteiger charge is -2.16. The fraction of sp³-hybridized carbons (Fsp3) is 0.333. The Balaban J connectivity index is 1.94. The van der Waals surface area contributed by atoms with Crippen molar-refractivity contribution in [2.24, 2.45) is 0 Å². The monoisotopic (exact) mass is 301 g/mol. The van der Waals surface area contributed by atoms with E-state index in [1.165, 1.54) is 35.7 Å². The highest BCUT2D eigenvalue weighted by Crippen LogP contribution is 2.37. The highest BCUT2D eigenvalue weighted by Gasteiger charge is 2.16. The van der Waals surface area contributed by atoms with E-state index in [2.05, 4.69) is 30.4 Å². The average Bonchev–Trinajstić information content (AvgIpc) is 2.96. The van der Waals surface area contributed by atoms with Crippen LogP contribution in [-0.2, 0) is 12.8 Å². The molecule has 1 nitrogen and oxygen atoms in total. The Morgan fingerprint density at radius 2 is 1.95 bits per heavy atom. The molecule has 0 saturated carbocycles. The Kier molecular flexibility index (Phi) is 4.32. The summed E-state index contributed by atoms with van der Waals surface area (Å²) < 4.78 is 14.3. The molecule has 0 fully saturated rings. The van der Waals surface area contributed by atoms with E-state index in [4.69, 9.17) is 0 Å². The van der Waals surface area contributed by atoms with Crippen molar-refractivity contribution in [1.29, 1.82) is 0 Å². The number of benzene rings is 2. The second kappa shape index (κ2) is 6.20. The number of nitrogens with one attached hydrogen (secondary N) is 1. The molecule has 0 spiro atoms. The van der Waals surface area contributed by atoms with E-state index in [1.807, 2.05) is 13.1 Å². The van der Waals surface area contributed by atoms with Crippen LogP contribution in [0.15, 0.2) is 46.2 Å². The zero-order chi connectivity index (χ0) is 14.8. The number of halogens is 1. The fourth-order valence-corrected chi connectivity index (χ4v) is 3.96. The topological polar surface area (TPSA) is 12.0 Å². The minimum atomic E-state index is -0.139. The third-order valence-electron chi connectivity index (χ3n) is 4.19. The summed E-state index contributed by atoms with van der Waals surface area (Å²) >= 11 is 1.54. The molecule has 2 aromatic carbocycles. The fourth-order valence-electron chi connectivity index (χ4n) is 2.86. The van der Waals surface area contributed by atoms with Gasteiger partial charge in [0.2, 0.25) is 0 Å². The predicted molar refractivity (Wildman–Crippen MR) is 86.5 cm³/mol. The van der Waals surface area contributed by atoms with Gasteiger partial charge in [-0.25, -0.2) is 4.39 Å². The average molecular weight is 301 g/mol. The number of hydrogen-bond acceptors (Lipinski definition) is 2. The van der Waals surface area contributed by atoms with Crippen molar-refractivity contribution in [2.75, 3.05) is 7.05 Å². The van der Waals surface area contributed by atoms with Crippen molar-refractivity contribution in [3.63, 3.8) is 0 Å². The Hall–Kier alpha value is -1.32. The molecular weight excluding hydrogens is 281 g/mol. The SMILES string of the molecule is CNC(C)c1cccc(F)c1Sc1ccc2c(c1)CCC2. The van der Waals surface area contributed by atoms with E-state index in [-0.39, 0.29) is 11.9 Å². The van der Waals surface area contributed by atoms with Crippen LogP contribution in [0, 0.1) is 5.82 Å². The minimum Gasteiger partial charge on any atom is -0.313 e. The lowest BCUT2D eigenvalue weighted by Crippen LogP contribution is -2.13. The van der Waals surface area contributed by atoms with E-state index in [0.29, 0.717) is 0 Å². The summed E-state index contributed by atoms with van der Waals surface area (Å²) in [7, 11) is 1.90. The first kappa shape index (κ1) is 14.6. The van der Waals surface area contributed by atoms with Crippen molar-refractivity contribution in [1.82, 2.24) is 5.32 Å². The van der Waals surface area contributed by atoms with Gasteiger partial charge in [-0.15, -0.1) is 0 Å². The van der Waals surface area contributed by atoms with Crippen molar-refractivity contribution >= 4 is 11.8 Å². The third-order valence-corrected chi connectivity index (χ3v) is 5.31. The van der Waals surface area contributed by atoms with Gasteiger partial charge in [-0.2, -0.15) is 0 Å². The summed E-state index contributed by atoms with van der Waals surface area (Å²) in [5.74, 6) is -0.139. The van der Waals surface area contributed by atoms with Crippen LogP contribution in [-0.4, -0.2) is 7.05 Å². The van der Waals surface area contributed by atoms with Crippen LogP contribution in [0.1, 0.15) is 36.1 Å². The molecule has 3 heteroatoms. The zero-order valence-corrected chi connectivity index (χ0v) is 13.3. The summed E-state index contributed by atoms with van der Waals surface area (Å²) in [6, 6.07) is 12.0. The van der Waals surface area contributed by atoms with Crippen LogP contribution < -0.4 is 5.32 Å². The molecule has 0 aromatic heterocycles. The van der Waals surface area contributed by atoms with Crippen LogP contribution in [0.2, 0.25) is 0 Å². The second-order valence-electron chi connectivity index (χ2n) is 5.55. The van der Waals surface area contributed by atoms with Crippen molar-refractivity contribution in [3.05, 3.63) is 58.9 Å². The van der Waals surface area contributed by atoms with E-state index in [0.717, 1.165) is 21.8 Å². The summed E-state index contributed by atoms with van der Waals surface area (Å²) in [5, 5.41) is 3.20. The normalized spacial score (nSPS) is 15.0. The largest absolute Gasteiger partial charge is 0.313 e. The van der Waals surface area contributed by atoms with Gasteiger partial charge in [0.05, 0.1) is 4.90 Å². The molecule has 1 N–H and O–H groups in total. The maximum atomic E-state index is 14.3. The minimum absolute atomic E-state index is 0.137. The van der Waals surface area contributed by atoms with Crippen molar-refractivity contribution < 1.29 is 4.39 Å². The first-order chi connectivity index (χ1) is 10.2. The smallest absolute Gasteiger partial charge is 0.137 e. The molecule has 1 atom stereocenters. The molecule has 0 saturated heterocycles. The molecule has 110 valence electrons. The van der Waals surface area contributed by atoms with Gasteiger partial charge in [-0.05, 0) is 68.1 Å². The molecule has 0 heterocycles. The van der Waals surface area contributed by atoms with Gasteiger partial charge in [0, 0.05) is 10.9 Å². The quantitative estimate of drug-likeness (QED) is 0.875.